The summed E-state index contributed by atoms with van der Waals surface area (Å²) in [5, 5.41) is 12.8. The molecule has 4 nitrogen and oxygen atoms in total. The van der Waals surface area contributed by atoms with Gasteiger partial charge >= 0.3 is 0 Å². The minimum absolute atomic E-state index is 0.0568. The fraction of sp³-hybridized carbons (Fsp3) is 0.250. The van der Waals surface area contributed by atoms with Crippen LogP contribution in [0, 0.1) is 11.8 Å². The molecule has 0 aliphatic rings. The Bertz CT molecular complexity index is 460. The zero-order chi connectivity index (χ0) is 12.0. The first kappa shape index (κ1) is 12.1. The highest BCUT2D eigenvalue weighted by molar-refractivity contribution is 5.61. The second kappa shape index (κ2) is 5.79. The second-order valence-electron chi connectivity index (χ2n) is 3.09. The van der Waals surface area contributed by atoms with Crippen molar-refractivity contribution in [2.24, 2.45) is 10.8 Å². The third kappa shape index (κ3) is 2.75. The molecule has 1 heterocycles. The Morgan fingerprint density at radius 3 is 3.00 bits per heavy atom. The lowest BCUT2D eigenvalue weighted by Crippen LogP contribution is -2.03. The van der Waals surface area contributed by atoms with Gasteiger partial charge in [-0.1, -0.05) is 12.5 Å². The van der Waals surface area contributed by atoms with Gasteiger partial charge in [-0.05, 0) is 25.0 Å². The number of aliphatic hydroxyl groups excluding tert-OH is 1. The van der Waals surface area contributed by atoms with E-state index in [1.165, 1.54) is 0 Å². The summed E-state index contributed by atoms with van der Waals surface area (Å²) in [7, 11) is 0. The summed E-state index contributed by atoms with van der Waals surface area (Å²) in [5.41, 5.74) is 7.54. The molecule has 0 bridgehead atoms. The molecule has 0 spiro atoms. The summed E-state index contributed by atoms with van der Waals surface area (Å²) in [6.07, 6.45) is 2.10. The maximum Gasteiger partial charge on any atom is 0.115 e. The van der Waals surface area contributed by atoms with Gasteiger partial charge in [-0.15, -0.1) is 0 Å². The van der Waals surface area contributed by atoms with Gasteiger partial charge in [0.1, 0.15) is 5.69 Å². The number of rotatable bonds is 3. The van der Waals surface area contributed by atoms with E-state index in [2.05, 4.69) is 23.5 Å². The van der Waals surface area contributed by atoms with Gasteiger partial charge < -0.3 is 10.8 Å². The van der Waals surface area contributed by atoms with Gasteiger partial charge in [0.15, 0.2) is 0 Å². The van der Waals surface area contributed by atoms with Gasteiger partial charge in [-0.3, -0.25) is 0 Å². The monoisotopic (exact) mass is 217 g/mol. The Balaban J connectivity index is 3.11. The first-order valence-electron chi connectivity index (χ1n) is 4.96. The molecule has 1 aromatic heterocycles. The van der Waals surface area contributed by atoms with Gasteiger partial charge in [0.25, 0.3) is 0 Å². The van der Waals surface area contributed by atoms with Crippen LogP contribution in [0.1, 0.15) is 24.7 Å². The van der Waals surface area contributed by atoms with Crippen LogP contribution in [0.25, 0.3) is 5.70 Å². The Morgan fingerprint density at radius 2 is 2.44 bits per heavy atom. The molecule has 0 aliphatic carbocycles. The molecular formula is C12H15N3O. The molecule has 0 amide bonds. The Morgan fingerprint density at radius 1 is 1.69 bits per heavy atom. The lowest BCUT2D eigenvalue weighted by atomic mass is 10.3. The minimum Gasteiger partial charge on any atom is -0.397 e. The van der Waals surface area contributed by atoms with E-state index in [4.69, 9.17) is 10.8 Å². The molecule has 84 valence electrons. The largest absolute Gasteiger partial charge is 0.397 e. The molecule has 0 fully saturated rings. The molecule has 1 aromatic rings. The van der Waals surface area contributed by atoms with Gasteiger partial charge in [0.05, 0.1) is 18.0 Å². The molecular weight excluding hydrogens is 202 g/mol. The average molecular weight is 217 g/mol. The van der Waals surface area contributed by atoms with Crippen molar-refractivity contribution < 1.29 is 5.11 Å². The van der Waals surface area contributed by atoms with Crippen molar-refractivity contribution in [3.8, 4) is 11.8 Å². The first-order valence-corrected chi connectivity index (χ1v) is 4.96. The van der Waals surface area contributed by atoms with Crippen LogP contribution in [-0.4, -0.2) is 22.6 Å². The smallest absolute Gasteiger partial charge is 0.115 e. The van der Waals surface area contributed by atoms with Gasteiger partial charge in [0.2, 0.25) is 0 Å². The quantitative estimate of drug-likeness (QED) is 0.586. The Labute approximate surface area is 95.1 Å². The summed E-state index contributed by atoms with van der Waals surface area (Å²) in [5.74, 6) is 5.75. The summed E-state index contributed by atoms with van der Waals surface area (Å²) in [6, 6.07) is 3.64. The van der Waals surface area contributed by atoms with E-state index in [1.807, 2.05) is 19.1 Å². The third-order valence-corrected chi connectivity index (χ3v) is 1.87. The standard InChI is InChI=1S/C12H15N3O/c1-3-14-15-11(6-4-5-9-16)7-8-12(15)10(2)13/h3,7-8,16H,2,5,9,13H2,1H3/b14-3-. The second-order valence-corrected chi connectivity index (χ2v) is 3.09. The zero-order valence-electron chi connectivity index (χ0n) is 9.27. The third-order valence-electron chi connectivity index (χ3n) is 1.87. The van der Waals surface area contributed by atoms with Crippen molar-refractivity contribution in [1.82, 2.24) is 4.68 Å². The fourth-order valence-electron chi connectivity index (χ4n) is 1.22. The van der Waals surface area contributed by atoms with Crippen molar-refractivity contribution in [3.63, 3.8) is 0 Å². The number of aromatic nitrogens is 1. The fourth-order valence-corrected chi connectivity index (χ4v) is 1.22. The highest BCUT2D eigenvalue weighted by Crippen LogP contribution is 2.12. The van der Waals surface area contributed by atoms with E-state index in [-0.39, 0.29) is 6.61 Å². The zero-order valence-corrected chi connectivity index (χ0v) is 9.27. The molecule has 0 unspecified atom stereocenters. The van der Waals surface area contributed by atoms with E-state index in [1.54, 1.807) is 10.9 Å². The Kier molecular flexibility index (Phi) is 4.37. The van der Waals surface area contributed by atoms with Crippen LogP contribution in [0.3, 0.4) is 0 Å². The van der Waals surface area contributed by atoms with Crippen molar-refractivity contribution in [2.45, 2.75) is 13.3 Å². The molecule has 0 saturated carbocycles. The summed E-state index contributed by atoms with van der Waals surface area (Å²) >= 11 is 0. The molecule has 0 saturated heterocycles. The molecule has 3 N–H and O–H groups in total. The first-order chi connectivity index (χ1) is 7.70. The van der Waals surface area contributed by atoms with Crippen molar-refractivity contribution in [2.75, 3.05) is 6.61 Å². The van der Waals surface area contributed by atoms with Gasteiger partial charge in [-0.2, -0.15) is 5.10 Å². The number of nitrogens with zero attached hydrogens (tertiary/aromatic N) is 2. The molecule has 1 rings (SSSR count). The van der Waals surface area contributed by atoms with Crippen LogP contribution >= 0.6 is 0 Å². The average Bonchev–Trinajstić information content (AvgIpc) is 2.63. The van der Waals surface area contributed by atoms with E-state index in [0.29, 0.717) is 12.1 Å². The van der Waals surface area contributed by atoms with Gasteiger partial charge in [-0.25, -0.2) is 4.68 Å². The summed E-state index contributed by atoms with van der Waals surface area (Å²) in [6.45, 7) is 5.54. The van der Waals surface area contributed by atoms with Crippen molar-refractivity contribution in [1.29, 1.82) is 0 Å². The predicted octanol–water partition coefficient (Wildman–Crippen LogP) is 1.01. The maximum atomic E-state index is 8.64. The normalized spacial score (nSPS) is 10.1. The molecule has 16 heavy (non-hydrogen) atoms. The van der Waals surface area contributed by atoms with Crippen molar-refractivity contribution in [3.05, 3.63) is 30.1 Å². The predicted molar refractivity (Wildman–Crippen MR) is 65.8 cm³/mol. The number of hydrogen-bond donors (Lipinski definition) is 2. The van der Waals surface area contributed by atoms with Crippen LogP contribution in [0.2, 0.25) is 0 Å². The van der Waals surface area contributed by atoms with E-state index in [0.717, 1.165) is 11.4 Å². The maximum absolute atomic E-state index is 8.64. The topological polar surface area (TPSA) is 63.5 Å². The highest BCUT2D eigenvalue weighted by Gasteiger charge is 2.05. The van der Waals surface area contributed by atoms with E-state index >= 15 is 0 Å². The summed E-state index contributed by atoms with van der Waals surface area (Å²) in [4.78, 5) is 0. The summed E-state index contributed by atoms with van der Waals surface area (Å²) < 4.78 is 1.63. The number of hydrogen-bond acceptors (Lipinski definition) is 3. The van der Waals surface area contributed by atoms with Gasteiger partial charge in [0, 0.05) is 12.6 Å². The minimum atomic E-state index is 0.0568. The van der Waals surface area contributed by atoms with Crippen LogP contribution in [0.4, 0.5) is 0 Å². The van der Waals surface area contributed by atoms with Crippen LogP contribution in [0.5, 0.6) is 0 Å². The SMILES string of the molecule is C=C(N)c1ccc(C#CCCO)n1/N=C\C. The molecule has 0 atom stereocenters. The van der Waals surface area contributed by atoms with Crippen molar-refractivity contribution >= 4 is 11.9 Å². The van der Waals surface area contributed by atoms with Crippen LogP contribution < -0.4 is 5.73 Å². The Hall–Kier alpha value is -1.99. The molecule has 0 aromatic carbocycles. The molecule has 0 radical (unpaired) electrons. The van der Waals surface area contributed by atoms with E-state index in [9.17, 15) is 0 Å². The van der Waals surface area contributed by atoms with Crippen LogP contribution in [-0.2, 0) is 0 Å². The number of aliphatic hydroxyl groups is 1. The van der Waals surface area contributed by atoms with Crippen LogP contribution in [0.15, 0.2) is 23.8 Å². The molecule has 4 heteroatoms. The lowest BCUT2D eigenvalue weighted by molar-refractivity contribution is 0.305. The lowest BCUT2D eigenvalue weighted by Gasteiger charge is -2.03. The molecule has 0 aliphatic heterocycles. The number of nitrogens with two attached hydrogens (primary N) is 1. The van der Waals surface area contributed by atoms with E-state index < -0.39 is 0 Å². The highest BCUT2D eigenvalue weighted by atomic mass is 16.2.